The Bertz CT molecular complexity index is 368. The summed E-state index contributed by atoms with van der Waals surface area (Å²) >= 11 is 0. The van der Waals surface area contributed by atoms with Crippen molar-refractivity contribution in [3.63, 3.8) is 0 Å². The van der Waals surface area contributed by atoms with E-state index in [2.05, 4.69) is 43.4 Å². The van der Waals surface area contributed by atoms with Crippen molar-refractivity contribution in [3.8, 4) is 0 Å². The standard InChI is InChI=1S/C18H29NO/c1-3-12-19-18(17-10-8-15(2)9-11-17)14-20-13-16-6-4-5-7-16/h8-11,16,18-19H,3-7,12-14H2,1-2H3. The lowest BCUT2D eigenvalue weighted by Gasteiger charge is -2.20. The lowest BCUT2D eigenvalue weighted by atomic mass is 10.1. The minimum absolute atomic E-state index is 0.331. The molecule has 0 heterocycles. The van der Waals surface area contributed by atoms with Crippen LogP contribution < -0.4 is 5.32 Å². The second-order valence-corrected chi connectivity index (χ2v) is 6.11. The highest BCUT2D eigenvalue weighted by atomic mass is 16.5. The Labute approximate surface area is 123 Å². The van der Waals surface area contributed by atoms with Crippen LogP contribution in [0.3, 0.4) is 0 Å². The Morgan fingerprint density at radius 1 is 1.20 bits per heavy atom. The van der Waals surface area contributed by atoms with Gasteiger partial charge in [-0.05, 0) is 44.2 Å². The first-order valence-electron chi connectivity index (χ1n) is 8.17. The van der Waals surface area contributed by atoms with Crippen LogP contribution in [0, 0.1) is 12.8 Å². The smallest absolute Gasteiger partial charge is 0.0661 e. The van der Waals surface area contributed by atoms with Gasteiger partial charge in [0.05, 0.1) is 12.6 Å². The van der Waals surface area contributed by atoms with Crippen molar-refractivity contribution in [1.29, 1.82) is 0 Å². The summed E-state index contributed by atoms with van der Waals surface area (Å²) in [5, 5.41) is 3.61. The molecule has 1 aliphatic carbocycles. The van der Waals surface area contributed by atoms with Crippen molar-refractivity contribution in [1.82, 2.24) is 5.32 Å². The van der Waals surface area contributed by atoms with E-state index in [0.29, 0.717) is 6.04 Å². The highest BCUT2D eigenvalue weighted by Crippen LogP contribution is 2.25. The van der Waals surface area contributed by atoms with Gasteiger partial charge in [-0.2, -0.15) is 0 Å². The molecule has 2 nitrogen and oxygen atoms in total. The van der Waals surface area contributed by atoms with E-state index in [1.54, 1.807) is 0 Å². The van der Waals surface area contributed by atoms with Gasteiger partial charge in [0.25, 0.3) is 0 Å². The first kappa shape index (κ1) is 15.5. The fraction of sp³-hybridized carbons (Fsp3) is 0.667. The van der Waals surface area contributed by atoms with Gasteiger partial charge < -0.3 is 10.1 Å². The fourth-order valence-electron chi connectivity index (χ4n) is 2.92. The van der Waals surface area contributed by atoms with Crippen LogP contribution in [0.25, 0.3) is 0 Å². The quantitative estimate of drug-likeness (QED) is 0.766. The van der Waals surface area contributed by atoms with E-state index in [4.69, 9.17) is 4.74 Å². The van der Waals surface area contributed by atoms with Gasteiger partial charge in [0.1, 0.15) is 0 Å². The van der Waals surface area contributed by atoms with Crippen molar-refractivity contribution in [2.24, 2.45) is 5.92 Å². The zero-order valence-corrected chi connectivity index (χ0v) is 13.0. The molecule has 1 atom stereocenters. The third-order valence-electron chi connectivity index (χ3n) is 4.23. The summed E-state index contributed by atoms with van der Waals surface area (Å²) in [6, 6.07) is 9.15. The number of aryl methyl sites for hydroxylation is 1. The molecule has 0 radical (unpaired) electrons. The summed E-state index contributed by atoms with van der Waals surface area (Å²) in [6.07, 6.45) is 6.66. The molecule has 20 heavy (non-hydrogen) atoms. The van der Waals surface area contributed by atoms with E-state index < -0.39 is 0 Å². The largest absolute Gasteiger partial charge is 0.379 e. The van der Waals surface area contributed by atoms with Crippen LogP contribution in [-0.2, 0) is 4.74 Å². The SMILES string of the molecule is CCCNC(COCC1CCCC1)c1ccc(C)cc1. The molecule has 0 bridgehead atoms. The number of nitrogens with one attached hydrogen (secondary N) is 1. The van der Waals surface area contributed by atoms with E-state index in [0.717, 1.165) is 32.1 Å². The van der Waals surface area contributed by atoms with Crippen LogP contribution in [0.15, 0.2) is 24.3 Å². The zero-order chi connectivity index (χ0) is 14.2. The van der Waals surface area contributed by atoms with Gasteiger partial charge in [-0.25, -0.2) is 0 Å². The molecular formula is C18H29NO. The molecule has 1 aliphatic rings. The highest BCUT2D eigenvalue weighted by Gasteiger charge is 2.16. The lowest BCUT2D eigenvalue weighted by Crippen LogP contribution is -2.27. The van der Waals surface area contributed by atoms with Gasteiger partial charge in [0.15, 0.2) is 0 Å². The highest BCUT2D eigenvalue weighted by molar-refractivity contribution is 5.24. The van der Waals surface area contributed by atoms with E-state index in [-0.39, 0.29) is 0 Å². The molecule has 1 N–H and O–H groups in total. The molecular weight excluding hydrogens is 246 g/mol. The topological polar surface area (TPSA) is 21.3 Å². The summed E-state index contributed by atoms with van der Waals surface area (Å²) in [7, 11) is 0. The van der Waals surface area contributed by atoms with Crippen molar-refractivity contribution in [3.05, 3.63) is 35.4 Å². The van der Waals surface area contributed by atoms with Crippen LogP contribution in [0.1, 0.15) is 56.2 Å². The first-order chi connectivity index (χ1) is 9.79. The lowest BCUT2D eigenvalue weighted by molar-refractivity contribution is 0.0828. The van der Waals surface area contributed by atoms with Gasteiger partial charge in [-0.3, -0.25) is 0 Å². The minimum atomic E-state index is 0.331. The molecule has 1 aromatic rings. The minimum Gasteiger partial charge on any atom is -0.379 e. The van der Waals surface area contributed by atoms with Crippen molar-refractivity contribution in [2.75, 3.05) is 19.8 Å². The second-order valence-electron chi connectivity index (χ2n) is 6.11. The predicted molar refractivity (Wildman–Crippen MR) is 85.0 cm³/mol. The molecule has 1 unspecified atom stereocenters. The molecule has 112 valence electrons. The average molecular weight is 275 g/mol. The second kappa shape index (κ2) is 8.43. The molecule has 0 saturated heterocycles. The fourth-order valence-corrected chi connectivity index (χ4v) is 2.92. The summed E-state index contributed by atoms with van der Waals surface area (Å²) in [5.41, 5.74) is 2.66. The summed E-state index contributed by atoms with van der Waals surface area (Å²) in [4.78, 5) is 0. The molecule has 2 rings (SSSR count). The van der Waals surface area contributed by atoms with E-state index in [1.165, 1.54) is 36.8 Å². The van der Waals surface area contributed by atoms with Crippen LogP contribution >= 0.6 is 0 Å². The molecule has 1 saturated carbocycles. The Morgan fingerprint density at radius 3 is 2.55 bits per heavy atom. The first-order valence-corrected chi connectivity index (χ1v) is 8.17. The molecule has 0 aromatic heterocycles. The van der Waals surface area contributed by atoms with Crippen molar-refractivity contribution >= 4 is 0 Å². The van der Waals surface area contributed by atoms with Crippen LogP contribution in [0.5, 0.6) is 0 Å². The molecule has 0 amide bonds. The van der Waals surface area contributed by atoms with Gasteiger partial charge in [0.2, 0.25) is 0 Å². The number of hydrogen-bond acceptors (Lipinski definition) is 2. The van der Waals surface area contributed by atoms with Crippen molar-refractivity contribution in [2.45, 2.75) is 52.0 Å². The van der Waals surface area contributed by atoms with Crippen LogP contribution in [0.2, 0.25) is 0 Å². The van der Waals surface area contributed by atoms with E-state index in [1.807, 2.05) is 0 Å². The Hall–Kier alpha value is -0.860. The predicted octanol–water partition coefficient (Wildman–Crippen LogP) is 4.24. The van der Waals surface area contributed by atoms with Crippen molar-refractivity contribution < 1.29 is 4.74 Å². The van der Waals surface area contributed by atoms with Crippen LogP contribution in [0.4, 0.5) is 0 Å². The maximum absolute atomic E-state index is 6.00. The third kappa shape index (κ3) is 4.92. The Morgan fingerprint density at radius 2 is 1.90 bits per heavy atom. The molecule has 1 fully saturated rings. The monoisotopic (exact) mass is 275 g/mol. The van der Waals surface area contributed by atoms with Gasteiger partial charge in [-0.15, -0.1) is 0 Å². The molecule has 2 heteroatoms. The summed E-state index contributed by atoms with van der Waals surface area (Å²) < 4.78 is 6.00. The summed E-state index contributed by atoms with van der Waals surface area (Å²) in [5.74, 6) is 0.805. The Balaban J connectivity index is 1.84. The maximum Gasteiger partial charge on any atom is 0.0661 e. The number of ether oxygens (including phenoxy) is 1. The average Bonchev–Trinajstić information content (AvgIpc) is 2.97. The molecule has 1 aromatic carbocycles. The normalized spacial score (nSPS) is 17.5. The van der Waals surface area contributed by atoms with Gasteiger partial charge in [-0.1, -0.05) is 49.6 Å². The number of benzene rings is 1. The van der Waals surface area contributed by atoms with E-state index >= 15 is 0 Å². The van der Waals surface area contributed by atoms with E-state index in [9.17, 15) is 0 Å². The number of rotatable bonds is 8. The molecule has 0 aliphatic heterocycles. The Kier molecular flexibility index (Phi) is 6.55. The van der Waals surface area contributed by atoms with Crippen LogP contribution in [-0.4, -0.2) is 19.8 Å². The third-order valence-corrected chi connectivity index (χ3v) is 4.23. The number of hydrogen-bond donors (Lipinski definition) is 1. The zero-order valence-electron chi connectivity index (χ0n) is 13.0. The summed E-state index contributed by atoms with van der Waals surface area (Å²) in [6.45, 7) is 7.12. The molecule has 0 spiro atoms. The van der Waals surface area contributed by atoms with Gasteiger partial charge in [0, 0.05) is 6.61 Å². The van der Waals surface area contributed by atoms with Gasteiger partial charge >= 0.3 is 0 Å². The maximum atomic E-state index is 6.00.